The lowest BCUT2D eigenvalue weighted by molar-refractivity contribution is -0.118. The molecule has 0 aliphatic carbocycles. The summed E-state index contributed by atoms with van der Waals surface area (Å²) in [6.45, 7) is 5.88. The number of nitrogens with one attached hydrogen (secondary N) is 3. The standard InChI is InChI=1S/C29H29N7O4/c1-29(2,3)17-9-7-16(8-10-17)26(39)33-21-6-4-5-19(20(21)14-37)25-34-27(30)36-28(35-25)31-18-11-12-22-23(13-18)40-15-24(38)32-22/h4-13,37H,14-15H2,1-3H3,(H,32,38)(H,33,39)(H3,30,31,34,35,36). The number of ether oxygens (including phenoxy) is 1. The zero-order chi connectivity index (χ0) is 28.4. The van der Waals surface area contributed by atoms with Crippen LogP contribution in [0.2, 0.25) is 0 Å². The topological polar surface area (TPSA) is 164 Å². The average Bonchev–Trinajstić information content (AvgIpc) is 2.92. The zero-order valence-electron chi connectivity index (χ0n) is 22.3. The van der Waals surface area contributed by atoms with Crippen molar-refractivity contribution in [3.8, 4) is 17.1 Å². The van der Waals surface area contributed by atoms with Crippen LogP contribution in [0, 0.1) is 0 Å². The van der Waals surface area contributed by atoms with Crippen LogP contribution < -0.4 is 26.4 Å². The van der Waals surface area contributed by atoms with Crippen molar-refractivity contribution in [2.75, 3.05) is 28.3 Å². The number of carbonyl (C=O) groups excluding carboxylic acids is 2. The molecule has 0 bridgehead atoms. The van der Waals surface area contributed by atoms with Crippen molar-refractivity contribution in [3.05, 3.63) is 77.4 Å². The molecule has 1 aliphatic rings. The molecule has 11 nitrogen and oxygen atoms in total. The van der Waals surface area contributed by atoms with Crippen LogP contribution in [0.4, 0.5) is 29.0 Å². The molecule has 0 spiro atoms. The Hall–Kier alpha value is -5.03. The highest BCUT2D eigenvalue weighted by molar-refractivity contribution is 6.05. The van der Waals surface area contributed by atoms with E-state index in [1.807, 2.05) is 12.1 Å². The summed E-state index contributed by atoms with van der Waals surface area (Å²) in [5.41, 5.74) is 10.1. The predicted octanol–water partition coefficient (Wildman–Crippen LogP) is 4.24. The number of anilines is 5. The van der Waals surface area contributed by atoms with Gasteiger partial charge in [-0.05, 0) is 41.3 Å². The van der Waals surface area contributed by atoms with Gasteiger partial charge >= 0.3 is 0 Å². The summed E-state index contributed by atoms with van der Waals surface area (Å²) in [4.78, 5) is 37.5. The van der Waals surface area contributed by atoms with Gasteiger partial charge in [0.05, 0.1) is 12.3 Å². The smallest absolute Gasteiger partial charge is 0.262 e. The van der Waals surface area contributed by atoms with Crippen LogP contribution in [0.15, 0.2) is 60.7 Å². The summed E-state index contributed by atoms with van der Waals surface area (Å²) in [6, 6.07) is 17.7. The minimum Gasteiger partial charge on any atom is -0.482 e. The van der Waals surface area contributed by atoms with E-state index in [1.165, 1.54) is 0 Å². The Morgan fingerprint density at radius 2 is 1.85 bits per heavy atom. The number of aliphatic hydroxyl groups is 1. The number of benzene rings is 3. The Bertz CT molecular complexity index is 1600. The van der Waals surface area contributed by atoms with Gasteiger partial charge in [0.2, 0.25) is 11.9 Å². The maximum atomic E-state index is 13.0. The Morgan fingerprint density at radius 3 is 2.58 bits per heavy atom. The van der Waals surface area contributed by atoms with Gasteiger partial charge in [0.15, 0.2) is 12.4 Å². The lowest BCUT2D eigenvalue weighted by atomic mass is 9.86. The molecular formula is C29H29N7O4. The third-order valence-electron chi connectivity index (χ3n) is 6.36. The van der Waals surface area contributed by atoms with Crippen molar-refractivity contribution >= 4 is 40.8 Å². The lowest BCUT2D eigenvalue weighted by Gasteiger charge is -2.19. The highest BCUT2D eigenvalue weighted by Crippen LogP contribution is 2.33. The van der Waals surface area contributed by atoms with E-state index in [2.05, 4.69) is 51.7 Å². The third kappa shape index (κ3) is 5.69. The number of rotatable bonds is 6. The predicted molar refractivity (Wildman–Crippen MR) is 153 cm³/mol. The van der Waals surface area contributed by atoms with Crippen molar-refractivity contribution in [2.45, 2.75) is 32.8 Å². The summed E-state index contributed by atoms with van der Waals surface area (Å²) in [5.74, 6) is 0.318. The maximum absolute atomic E-state index is 13.0. The van der Waals surface area contributed by atoms with Gasteiger partial charge in [0.25, 0.3) is 11.8 Å². The molecule has 0 atom stereocenters. The van der Waals surface area contributed by atoms with E-state index in [0.717, 1.165) is 5.56 Å². The molecule has 0 unspecified atom stereocenters. The molecule has 204 valence electrons. The van der Waals surface area contributed by atoms with Crippen LogP contribution in [0.5, 0.6) is 5.75 Å². The van der Waals surface area contributed by atoms with Crippen molar-refractivity contribution in [3.63, 3.8) is 0 Å². The van der Waals surface area contributed by atoms with Gasteiger partial charge in [-0.1, -0.05) is 45.0 Å². The van der Waals surface area contributed by atoms with Crippen LogP contribution in [0.1, 0.15) is 42.3 Å². The number of amides is 2. The normalized spacial score (nSPS) is 12.7. The first kappa shape index (κ1) is 26.6. The van der Waals surface area contributed by atoms with Gasteiger partial charge < -0.3 is 31.5 Å². The van der Waals surface area contributed by atoms with Gasteiger partial charge in [0.1, 0.15) is 5.75 Å². The van der Waals surface area contributed by atoms with Gasteiger partial charge in [-0.25, -0.2) is 0 Å². The lowest BCUT2D eigenvalue weighted by Crippen LogP contribution is -2.25. The van der Waals surface area contributed by atoms with Crippen LogP contribution >= 0.6 is 0 Å². The van der Waals surface area contributed by atoms with E-state index in [-0.39, 0.29) is 48.2 Å². The number of hydrogen-bond donors (Lipinski definition) is 5. The SMILES string of the molecule is CC(C)(C)c1ccc(C(=O)Nc2cccc(-c3nc(N)nc(Nc4ccc5c(c4)OCC(=O)N5)n3)c2CO)cc1. The molecule has 1 aromatic heterocycles. The monoisotopic (exact) mass is 539 g/mol. The second kappa shape index (κ2) is 10.6. The number of fused-ring (bicyclic) bond motifs is 1. The zero-order valence-corrected chi connectivity index (χ0v) is 22.3. The van der Waals surface area contributed by atoms with E-state index >= 15 is 0 Å². The van der Waals surface area contributed by atoms with Crippen molar-refractivity contribution < 1.29 is 19.4 Å². The summed E-state index contributed by atoms with van der Waals surface area (Å²) < 4.78 is 5.47. The Kier molecular flexibility index (Phi) is 7.05. The van der Waals surface area contributed by atoms with Crippen LogP contribution in [0.25, 0.3) is 11.4 Å². The molecule has 6 N–H and O–H groups in total. The minimum atomic E-state index is -0.378. The molecule has 11 heteroatoms. The Balaban J connectivity index is 1.41. The quantitative estimate of drug-likeness (QED) is 0.241. The fourth-order valence-corrected chi connectivity index (χ4v) is 4.25. The fourth-order valence-electron chi connectivity index (χ4n) is 4.25. The Morgan fingerprint density at radius 1 is 1.07 bits per heavy atom. The van der Waals surface area contributed by atoms with E-state index in [4.69, 9.17) is 10.5 Å². The minimum absolute atomic E-state index is 0.0289. The number of hydrogen-bond acceptors (Lipinski definition) is 9. The molecule has 4 aromatic rings. The van der Waals surface area contributed by atoms with E-state index in [9.17, 15) is 14.7 Å². The number of nitrogens with zero attached hydrogens (tertiary/aromatic N) is 3. The van der Waals surface area contributed by atoms with Gasteiger partial charge in [-0.15, -0.1) is 0 Å². The molecule has 1 aliphatic heterocycles. The average molecular weight is 540 g/mol. The van der Waals surface area contributed by atoms with E-state index in [1.54, 1.807) is 48.5 Å². The highest BCUT2D eigenvalue weighted by atomic mass is 16.5. The fraction of sp³-hybridized carbons (Fsp3) is 0.207. The van der Waals surface area contributed by atoms with Gasteiger partial charge in [-0.2, -0.15) is 15.0 Å². The largest absolute Gasteiger partial charge is 0.482 e. The maximum Gasteiger partial charge on any atom is 0.262 e. The first-order valence-electron chi connectivity index (χ1n) is 12.6. The first-order chi connectivity index (χ1) is 19.1. The summed E-state index contributed by atoms with van der Waals surface area (Å²) >= 11 is 0. The molecule has 5 rings (SSSR count). The van der Waals surface area contributed by atoms with E-state index < -0.39 is 0 Å². The number of aromatic nitrogens is 3. The summed E-state index contributed by atoms with van der Waals surface area (Å²) in [5, 5.41) is 19.0. The number of carbonyl (C=O) groups is 2. The molecule has 0 fully saturated rings. The number of nitrogens with two attached hydrogens (primary N) is 1. The van der Waals surface area contributed by atoms with Crippen LogP contribution in [-0.4, -0.2) is 38.5 Å². The number of nitrogen functional groups attached to an aromatic ring is 1. The highest BCUT2D eigenvalue weighted by Gasteiger charge is 2.19. The second-order valence-electron chi connectivity index (χ2n) is 10.3. The molecule has 3 aromatic carbocycles. The van der Waals surface area contributed by atoms with Crippen molar-refractivity contribution in [1.82, 2.24) is 15.0 Å². The molecule has 0 saturated heterocycles. The molecule has 0 radical (unpaired) electrons. The van der Waals surface area contributed by atoms with Gasteiger partial charge in [-0.3, -0.25) is 9.59 Å². The summed E-state index contributed by atoms with van der Waals surface area (Å²) in [7, 11) is 0. The van der Waals surface area contributed by atoms with Crippen molar-refractivity contribution in [2.24, 2.45) is 0 Å². The first-order valence-corrected chi connectivity index (χ1v) is 12.6. The molecule has 40 heavy (non-hydrogen) atoms. The summed E-state index contributed by atoms with van der Waals surface area (Å²) in [6.07, 6.45) is 0. The van der Waals surface area contributed by atoms with Gasteiger partial charge in [0, 0.05) is 34.1 Å². The van der Waals surface area contributed by atoms with Crippen LogP contribution in [0.3, 0.4) is 0 Å². The second-order valence-corrected chi connectivity index (χ2v) is 10.3. The van der Waals surface area contributed by atoms with Crippen molar-refractivity contribution in [1.29, 1.82) is 0 Å². The molecule has 2 amide bonds. The third-order valence-corrected chi connectivity index (χ3v) is 6.36. The molecular weight excluding hydrogens is 510 g/mol. The molecule has 0 saturated carbocycles. The Labute approximate surface area is 230 Å². The molecule has 2 heterocycles. The number of aliphatic hydroxyl groups excluding tert-OH is 1. The van der Waals surface area contributed by atoms with Crippen LogP contribution in [-0.2, 0) is 16.8 Å². The van der Waals surface area contributed by atoms with E-state index in [0.29, 0.717) is 39.5 Å².